The highest BCUT2D eigenvalue weighted by molar-refractivity contribution is 5.94. The summed E-state index contributed by atoms with van der Waals surface area (Å²) in [6.45, 7) is 13.9. The van der Waals surface area contributed by atoms with Crippen molar-refractivity contribution in [3.05, 3.63) is 519 Å². The van der Waals surface area contributed by atoms with Gasteiger partial charge in [0.2, 0.25) is 0 Å². The van der Waals surface area contributed by atoms with E-state index in [0.717, 1.165) is 68.2 Å². The van der Waals surface area contributed by atoms with Crippen LogP contribution in [-0.2, 0) is 10.8 Å². The van der Waals surface area contributed by atoms with Crippen LogP contribution < -0.4 is 19.6 Å². The molecule has 0 saturated heterocycles. The van der Waals surface area contributed by atoms with Crippen molar-refractivity contribution in [2.45, 2.75) is 52.4 Å². The first-order chi connectivity index (χ1) is 63.7. The van der Waals surface area contributed by atoms with Crippen LogP contribution in [0.3, 0.4) is 0 Å². The molecule has 0 N–H and O–H groups in total. The quantitative estimate of drug-likeness (QED) is 0.0800. The van der Waals surface area contributed by atoms with Gasteiger partial charge in [0, 0.05) is 79.1 Å². The Morgan fingerprint density at radius 1 is 0.138 bits per heavy atom. The number of nitrogens with zero attached hydrogens (tertiary/aromatic N) is 4. The van der Waals surface area contributed by atoms with E-state index in [-0.39, 0.29) is 10.8 Å². The second kappa shape index (κ2) is 34.7. The predicted octanol–water partition coefficient (Wildman–Crippen LogP) is 35.3. The molecule has 0 aromatic heterocycles. The summed E-state index contributed by atoms with van der Waals surface area (Å²) in [5, 5.41) is 2.51. The lowest BCUT2D eigenvalue weighted by Gasteiger charge is -2.29. The average Bonchev–Trinajstić information content (AvgIpc) is 1.57. The molecular formula is C126H98N4. The molecule has 0 fully saturated rings. The van der Waals surface area contributed by atoms with Crippen molar-refractivity contribution in [1.82, 2.24) is 0 Å². The van der Waals surface area contributed by atoms with Gasteiger partial charge in [-0.3, -0.25) is 0 Å². The van der Waals surface area contributed by atoms with E-state index in [4.69, 9.17) is 0 Å². The van der Waals surface area contributed by atoms with Gasteiger partial charge >= 0.3 is 0 Å². The average molecular weight is 1670 g/mol. The van der Waals surface area contributed by atoms with Crippen molar-refractivity contribution in [3.8, 4) is 100 Å². The Kier molecular flexibility index (Phi) is 21.6. The summed E-state index contributed by atoms with van der Waals surface area (Å²) in [7, 11) is 0. The van der Waals surface area contributed by atoms with E-state index in [2.05, 4.69) is 546 Å². The van der Waals surface area contributed by atoms with Crippen LogP contribution in [0.4, 0.5) is 68.2 Å². The molecule has 0 amide bonds. The highest BCUT2D eigenvalue weighted by Gasteiger charge is 2.39. The lowest BCUT2D eigenvalue weighted by Crippen LogP contribution is -2.17. The Bertz CT molecular complexity index is 7460. The van der Waals surface area contributed by atoms with E-state index in [1.165, 1.54) is 144 Å². The lowest BCUT2D eigenvalue weighted by molar-refractivity contribution is 0.660. The minimum Gasteiger partial charge on any atom is -0.310 e. The van der Waals surface area contributed by atoms with Gasteiger partial charge in [-0.15, -0.1) is 0 Å². The summed E-state index contributed by atoms with van der Waals surface area (Å²) in [6, 6.07) is 177. The third kappa shape index (κ3) is 15.9. The van der Waals surface area contributed by atoms with Gasteiger partial charge in [0.15, 0.2) is 0 Å². The van der Waals surface area contributed by atoms with E-state index in [1.54, 1.807) is 0 Å². The highest BCUT2D eigenvalue weighted by Crippen LogP contribution is 2.56. The van der Waals surface area contributed by atoms with E-state index >= 15 is 0 Å². The number of para-hydroxylation sites is 2. The molecule has 0 atom stereocenters. The van der Waals surface area contributed by atoms with Crippen LogP contribution >= 0.6 is 0 Å². The molecular weight excluding hydrogens is 1570 g/mol. The maximum atomic E-state index is 2.43. The molecule has 4 heteroatoms. The van der Waals surface area contributed by atoms with Gasteiger partial charge in [-0.25, -0.2) is 0 Å². The van der Waals surface area contributed by atoms with Crippen LogP contribution in [-0.4, -0.2) is 0 Å². The monoisotopic (exact) mass is 1670 g/mol. The van der Waals surface area contributed by atoms with E-state index < -0.39 is 0 Å². The van der Waals surface area contributed by atoms with Crippen LogP contribution in [0.5, 0.6) is 0 Å². The summed E-state index contributed by atoms with van der Waals surface area (Å²) in [5.74, 6) is 0. The maximum Gasteiger partial charge on any atom is 0.0465 e. The molecule has 20 aromatic carbocycles. The van der Waals surface area contributed by atoms with E-state index in [0.29, 0.717) is 0 Å². The summed E-state index contributed by atoms with van der Waals surface area (Å²) >= 11 is 0. The first-order valence-corrected chi connectivity index (χ1v) is 45.1. The fourth-order valence-electron chi connectivity index (χ4n) is 19.5. The summed E-state index contributed by atoms with van der Waals surface area (Å²) < 4.78 is 0. The normalized spacial score (nSPS) is 12.4. The minimum absolute atomic E-state index is 0.243. The molecule has 130 heavy (non-hydrogen) atoms. The van der Waals surface area contributed by atoms with E-state index in [9.17, 15) is 0 Å². The second-order valence-electron chi connectivity index (χ2n) is 35.4. The SMILES string of the molecule is Cc1cccc(N(c2ccc(-c3ccc(-c4ccccc4)cc3)cc2)c2ccc3c(c2)C(C)(C)c2cc(N(c4ccccc4)c4ccc(-c5ccc(-c6ccccc6)cc5)cc4)ccc2-3)c1.Cc1cccc(N(c2ccc(-c3ccc4ccccc4c3)cc2)c2ccc3c(c2)C(C)(C)c2cc(N(c4ccccc4)c4ccc(-c5ccc(-c6ccccc6)cc5)cc4)ccc2-3)c1. The van der Waals surface area contributed by atoms with Crippen LogP contribution in [0.2, 0.25) is 0 Å². The van der Waals surface area contributed by atoms with Crippen LogP contribution in [0.1, 0.15) is 61.1 Å². The zero-order valence-electron chi connectivity index (χ0n) is 74.0. The standard InChI is InChI=1S/C64H50N2.C62H48N2/c1-45-14-13-21-57(42-45)66(56-36-32-53(33-37-56)51-28-24-49(25-29-51)47-17-9-5-10-18-47)59-39-41-61-60-40-38-58(43-62(60)64(2,3)63(61)44-59)65(54-19-11-6-12-20-54)55-34-30-52(31-35-55)50-26-22-48(23-27-50)46-15-7-4-8-16-46;1-43-13-12-20-55(39-43)64(54-33-29-49(30-34-54)51-26-25-45-16-10-11-17-50(45)40-51)57-36-38-59-58-37-35-56(41-60(58)62(2,3)61(59)42-57)63(52-18-8-5-9-19-52)53-31-27-48(28-32-53)47-23-21-46(22-24-47)44-14-6-4-7-15-44/h4-44H,1-3H3;4-42H,1-3H3. The molecule has 0 aliphatic heterocycles. The number of fused-ring (bicyclic) bond motifs is 7. The van der Waals surface area contributed by atoms with Crippen molar-refractivity contribution < 1.29 is 0 Å². The fraction of sp³-hybridized carbons (Fsp3) is 0.0635. The largest absolute Gasteiger partial charge is 0.310 e. The molecule has 2 aliphatic rings. The first kappa shape index (κ1) is 80.9. The lowest BCUT2D eigenvalue weighted by atomic mass is 9.82. The second-order valence-corrected chi connectivity index (χ2v) is 35.4. The Morgan fingerprint density at radius 2 is 0.331 bits per heavy atom. The summed E-state index contributed by atoms with van der Waals surface area (Å²) in [4.78, 5) is 9.57. The van der Waals surface area contributed by atoms with Gasteiger partial charge < -0.3 is 19.6 Å². The van der Waals surface area contributed by atoms with Crippen molar-refractivity contribution in [2.24, 2.45) is 0 Å². The predicted molar refractivity (Wildman–Crippen MR) is 552 cm³/mol. The Morgan fingerprint density at radius 3 is 0.608 bits per heavy atom. The van der Waals surface area contributed by atoms with Gasteiger partial charge in [-0.2, -0.15) is 0 Å². The molecule has 0 bridgehead atoms. The molecule has 0 radical (unpaired) electrons. The third-order valence-electron chi connectivity index (χ3n) is 26.4. The van der Waals surface area contributed by atoms with Crippen molar-refractivity contribution in [3.63, 3.8) is 0 Å². The molecule has 0 heterocycles. The zero-order valence-corrected chi connectivity index (χ0v) is 74.0. The maximum absolute atomic E-state index is 2.43. The highest BCUT2D eigenvalue weighted by atomic mass is 15.2. The number of rotatable bonds is 19. The molecule has 622 valence electrons. The number of hydrogen-bond acceptors (Lipinski definition) is 4. The Balaban J connectivity index is 0.000000157. The number of benzene rings is 20. The van der Waals surface area contributed by atoms with Crippen molar-refractivity contribution in [2.75, 3.05) is 19.6 Å². The first-order valence-electron chi connectivity index (χ1n) is 45.1. The number of aryl methyl sites for hydroxylation is 2. The zero-order chi connectivity index (χ0) is 87.8. The van der Waals surface area contributed by atoms with Gasteiger partial charge in [-0.1, -0.05) is 361 Å². The molecule has 4 nitrogen and oxygen atoms in total. The van der Waals surface area contributed by atoms with E-state index in [1.807, 2.05) is 0 Å². The third-order valence-corrected chi connectivity index (χ3v) is 26.4. The van der Waals surface area contributed by atoms with Crippen LogP contribution in [0.25, 0.3) is 111 Å². The minimum atomic E-state index is -0.247. The smallest absolute Gasteiger partial charge is 0.0465 e. The summed E-state index contributed by atoms with van der Waals surface area (Å²) in [6.07, 6.45) is 0. The van der Waals surface area contributed by atoms with Crippen molar-refractivity contribution >= 4 is 79.0 Å². The molecule has 0 unspecified atom stereocenters. The molecule has 0 saturated carbocycles. The molecule has 22 rings (SSSR count). The van der Waals surface area contributed by atoms with Gasteiger partial charge in [0.1, 0.15) is 0 Å². The molecule has 2 aliphatic carbocycles. The van der Waals surface area contributed by atoms with Gasteiger partial charge in [0.25, 0.3) is 0 Å². The van der Waals surface area contributed by atoms with Gasteiger partial charge in [-0.05, 0) is 310 Å². The van der Waals surface area contributed by atoms with Gasteiger partial charge in [0.05, 0.1) is 0 Å². The van der Waals surface area contributed by atoms with Crippen molar-refractivity contribution in [1.29, 1.82) is 0 Å². The van der Waals surface area contributed by atoms with Crippen LogP contribution in [0, 0.1) is 13.8 Å². The van der Waals surface area contributed by atoms with Crippen LogP contribution in [0.15, 0.2) is 485 Å². The molecule has 0 spiro atoms. The molecule has 20 aromatic rings. The topological polar surface area (TPSA) is 13.0 Å². The Hall–Kier alpha value is -16.1. The number of hydrogen-bond donors (Lipinski definition) is 0. The Labute approximate surface area is 764 Å². The summed E-state index contributed by atoms with van der Waals surface area (Å²) in [5.41, 5.74) is 43.0. The number of anilines is 12. The fourth-order valence-corrected chi connectivity index (χ4v) is 19.5.